The van der Waals surface area contributed by atoms with Crippen molar-refractivity contribution in [1.29, 1.82) is 0 Å². The minimum atomic E-state index is -0.970. The SMILES string of the molecule is CC(C)(C)OC(=O)Nc1csc(CC(=O)O)c1Cl. The summed E-state index contributed by atoms with van der Waals surface area (Å²) in [6.07, 6.45) is -0.788. The lowest BCUT2D eigenvalue weighted by Gasteiger charge is -2.19. The summed E-state index contributed by atoms with van der Waals surface area (Å²) >= 11 is 7.14. The Kier molecular flexibility index (Phi) is 4.59. The van der Waals surface area contributed by atoms with Gasteiger partial charge in [0.1, 0.15) is 5.60 Å². The van der Waals surface area contributed by atoms with Gasteiger partial charge in [-0.2, -0.15) is 0 Å². The molecule has 1 rings (SSSR count). The zero-order chi connectivity index (χ0) is 13.9. The minimum Gasteiger partial charge on any atom is -0.481 e. The van der Waals surface area contributed by atoms with Crippen LogP contribution in [0.5, 0.6) is 0 Å². The normalized spacial score (nSPS) is 11.1. The van der Waals surface area contributed by atoms with Crippen molar-refractivity contribution >= 4 is 40.7 Å². The molecule has 0 aliphatic rings. The lowest BCUT2D eigenvalue weighted by atomic mass is 10.2. The number of carboxylic acid groups (broad SMARTS) is 1. The van der Waals surface area contributed by atoms with E-state index in [1.54, 1.807) is 26.2 Å². The van der Waals surface area contributed by atoms with E-state index in [-0.39, 0.29) is 11.4 Å². The summed E-state index contributed by atoms with van der Waals surface area (Å²) in [7, 11) is 0. The molecule has 0 atom stereocenters. The molecule has 100 valence electrons. The van der Waals surface area contributed by atoms with Gasteiger partial charge in [0, 0.05) is 10.3 Å². The van der Waals surface area contributed by atoms with Gasteiger partial charge in [-0.1, -0.05) is 11.6 Å². The number of rotatable bonds is 3. The number of thiophene rings is 1. The van der Waals surface area contributed by atoms with Crippen molar-refractivity contribution in [2.75, 3.05) is 5.32 Å². The summed E-state index contributed by atoms with van der Waals surface area (Å²) in [5.74, 6) is -0.970. The van der Waals surface area contributed by atoms with E-state index >= 15 is 0 Å². The summed E-state index contributed by atoms with van der Waals surface area (Å²) in [5, 5.41) is 13.0. The highest BCUT2D eigenvalue weighted by Gasteiger charge is 2.19. The number of nitrogens with one attached hydrogen (secondary N) is 1. The molecule has 1 amide bonds. The van der Waals surface area contributed by atoms with E-state index in [2.05, 4.69) is 5.32 Å². The second-order valence-electron chi connectivity index (χ2n) is 4.58. The summed E-state index contributed by atoms with van der Waals surface area (Å²) in [5.41, 5.74) is -0.233. The topological polar surface area (TPSA) is 75.6 Å². The largest absolute Gasteiger partial charge is 0.481 e. The molecule has 5 nitrogen and oxygen atoms in total. The minimum absolute atomic E-state index is 0.167. The average Bonchev–Trinajstić information content (AvgIpc) is 2.46. The van der Waals surface area contributed by atoms with E-state index in [1.165, 1.54) is 11.3 Å². The number of hydrogen-bond acceptors (Lipinski definition) is 4. The number of aliphatic carboxylic acids is 1. The lowest BCUT2D eigenvalue weighted by molar-refractivity contribution is -0.136. The highest BCUT2D eigenvalue weighted by Crippen LogP contribution is 2.33. The van der Waals surface area contributed by atoms with Crippen molar-refractivity contribution in [3.8, 4) is 0 Å². The van der Waals surface area contributed by atoms with Crippen molar-refractivity contribution in [3.63, 3.8) is 0 Å². The maximum Gasteiger partial charge on any atom is 0.412 e. The Hall–Kier alpha value is -1.27. The third kappa shape index (κ3) is 4.54. The molecule has 1 aromatic heterocycles. The number of anilines is 1. The van der Waals surface area contributed by atoms with Crippen molar-refractivity contribution in [2.45, 2.75) is 32.8 Å². The van der Waals surface area contributed by atoms with E-state index < -0.39 is 17.7 Å². The Bertz CT molecular complexity index is 464. The van der Waals surface area contributed by atoms with Crippen LogP contribution in [0.3, 0.4) is 0 Å². The van der Waals surface area contributed by atoms with Crippen LogP contribution in [0.25, 0.3) is 0 Å². The second kappa shape index (κ2) is 5.58. The van der Waals surface area contributed by atoms with E-state index in [0.29, 0.717) is 10.6 Å². The fraction of sp³-hybridized carbons (Fsp3) is 0.455. The maximum atomic E-state index is 11.5. The van der Waals surface area contributed by atoms with Gasteiger partial charge >= 0.3 is 12.1 Å². The van der Waals surface area contributed by atoms with Crippen molar-refractivity contribution in [1.82, 2.24) is 0 Å². The molecule has 0 aliphatic carbocycles. The monoisotopic (exact) mass is 291 g/mol. The van der Waals surface area contributed by atoms with Gasteiger partial charge in [-0.3, -0.25) is 10.1 Å². The molecule has 0 unspecified atom stereocenters. The molecule has 0 aliphatic heterocycles. The average molecular weight is 292 g/mol. The van der Waals surface area contributed by atoms with Crippen LogP contribution in [0.4, 0.5) is 10.5 Å². The molecule has 2 N–H and O–H groups in total. The Labute approximate surface area is 114 Å². The summed E-state index contributed by atoms with van der Waals surface area (Å²) in [6, 6.07) is 0. The first kappa shape index (κ1) is 14.8. The van der Waals surface area contributed by atoms with Crippen LogP contribution in [0, 0.1) is 0 Å². The van der Waals surface area contributed by atoms with Crippen LogP contribution in [-0.2, 0) is 16.0 Å². The predicted molar refractivity (Wildman–Crippen MR) is 70.5 cm³/mol. The molecular formula is C11H14ClNO4S. The van der Waals surface area contributed by atoms with Crippen LogP contribution in [0.15, 0.2) is 5.38 Å². The summed E-state index contributed by atoms with van der Waals surface area (Å²) in [4.78, 5) is 22.6. The van der Waals surface area contributed by atoms with Gasteiger partial charge in [0.2, 0.25) is 0 Å². The summed E-state index contributed by atoms with van der Waals surface area (Å²) in [6.45, 7) is 5.24. The first-order valence-electron chi connectivity index (χ1n) is 5.16. The van der Waals surface area contributed by atoms with E-state index in [1.807, 2.05) is 0 Å². The van der Waals surface area contributed by atoms with Crippen molar-refractivity contribution < 1.29 is 19.4 Å². The van der Waals surface area contributed by atoms with Crippen LogP contribution in [-0.4, -0.2) is 22.8 Å². The first-order valence-corrected chi connectivity index (χ1v) is 6.42. The molecule has 1 heterocycles. The number of carbonyl (C=O) groups excluding carboxylic acids is 1. The number of ether oxygens (including phenoxy) is 1. The maximum absolute atomic E-state index is 11.5. The van der Waals surface area contributed by atoms with Crippen LogP contribution < -0.4 is 5.32 Å². The van der Waals surface area contributed by atoms with Gasteiger partial charge in [0.05, 0.1) is 17.1 Å². The van der Waals surface area contributed by atoms with Gasteiger partial charge in [-0.25, -0.2) is 4.79 Å². The molecule has 0 bridgehead atoms. The number of halogens is 1. The summed E-state index contributed by atoms with van der Waals surface area (Å²) < 4.78 is 5.07. The Balaban J connectivity index is 2.71. The lowest BCUT2D eigenvalue weighted by Crippen LogP contribution is -2.27. The Morgan fingerprint density at radius 1 is 1.50 bits per heavy atom. The van der Waals surface area contributed by atoms with Crippen molar-refractivity contribution in [2.24, 2.45) is 0 Å². The molecule has 0 aromatic carbocycles. The van der Waals surface area contributed by atoms with Gasteiger partial charge in [0.25, 0.3) is 0 Å². The Morgan fingerprint density at radius 3 is 2.61 bits per heavy atom. The standard InChI is InChI=1S/C11H14ClNO4S/c1-11(2,3)17-10(16)13-6-5-18-7(9(6)12)4-8(14)15/h5H,4H2,1-3H3,(H,13,16)(H,14,15). The molecule has 0 saturated heterocycles. The fourth-order valence-electron chi connectivity index (χ4n) is 1.14. The zero-order valence-corrected chi connectivity index (χ0v) is 11.8. The highest BCUT2D eigenvalue weighted by molar-refractivity contribution is 7.11. The predicted octanol–water partition coefficient (Wildman–Crippen LogP) is 3.38. The third-order valence-electron chi connectivity index (χ3n) is 1.75. The molecule has 0 fully saturated rings. The van der Waals surface area contributed by atoms with Gasteiger partial charge in [0.15, 0.2) is 0 Å². The van der Waals surface area contributed by atoms with E-state index in [4.69, 9.17) is 21.4 Å². The van der Waals surface area contributed by atoms with Crippen molar-refractivity contribution in [3.05, 3.63) is 15.3 Å². The van der Waals surface area contributed by atoms with E-state index in [9.17, 15) is 9.59 Å². The van der Waals surface area contributed by atoms with Gasteiger partial charge in [-0.15, -0.1) is 11.3 Å². The molecule has 0 radical (unpaired) electrons. The molecule has 0 spiro atoms. The van der Waals surface area contributed by atoms with Gasteiger partial charge in [-0.05, 0) is 20.8 Å². The smallest absolute Gasteiger partial charge is 0.412 e. The number of amides is 1. The first-order chi connectivity index (χ1) is 8.19. The number of hydrogen-bond donors (Lipinski definition) is 2. The molecule has 0 saturated carbocycles. The van der Waals surface area contributed by atoms with Crippen LogP contribution in [0.1, 0.15) is 25.6 Å². The molecule has 1 aromatic rings. The molecule has 7 heteroatoms. The van der Waals surface area contributed by atoms with Crippen LogP contribution >= 0.6 is 22.9 Å². The number of carbonyl (C=O) groups is 2. The van der Waals surface area contributed by atoms with E-state index in [0.717, 1.165) is 0 Å². The Morgan fingerprint density at radius 2 is 2.11 bits per heavy atom. The second-order valence-corrected chi connectivity index (χ2v) is 5.93. The third-order valence-corrected chi connectivity index (χ3v) is 3.28. The van der Waals surface area contributed by atoms with Gasteiger partial charge < -0.3 is 9.84 Å². The molecular weight excluding hydrogens is 278 g/mol. The van der Waals surface area contributed by atoms with Crippen LogP contribution in [0.2, 0.25) is 5.02 Å². The number of carboxylic acids is 1. The fourth-order valence-corrected chi connectivity index (χ4v) is 2.36. The zero-order valence-electron chi connectivity index (χ0n) is 10.2. The highest BCUT2D eigenvalue weighted by atomic mass is 35.5. The quantitative estimate of drug-likeness (QED) is 0.895. The molecule has 18 heavy (non-hydrogen) atoms.